The van der Waals surface area contributed by atoms with Crippen molar-refractivity contribution in [3.63, 3.8) is 0 Å². The van der Waals surface area contributed by atoms with Crippen LogP contribution in [0.15, 0.2) is 60.7 Å². The summed E-state index contributed by atoms with van der Waals surface area (Å²) in [5.74, 6) is -1.23. The quantitative estimate of drug-likeness (QED) is 0.708. The molecule has 0 aliphatic carbocycles. The van der Waals surface area contributed by atoms with E-state index in [1.807, 2.05) is 60.7 Å². The Morgan fingerprint density at radius 1 is 1.00 bits per heavy atom. The normalized spacial score (nSPS) is 12.7. The lowest BCUT2D eigenvalue weighted by Gasteiger charge is -2.24. The molecule has 0 radical (unpaired) electrons. The summed E-state index contributed by atoms with van der Waals surface area (Å²) in [6, 6.07) is 17.8. The first-order chi connectivity index (χ1) is 12.6. The van der Waals surface area contributed by atoms with Crippen LogP contribution in [0.1, 0.15) is 11.1 Å². The second-order valence-electron chi connectivity index (χ2n) is 5.81. The molecule has 2 rings (SSSR count). The number of methoxy groups -OCH3 is 1. The van der Waals surface area contributed by atoms with Crippen LogP contribution in [0.25, 0.3) is 0 Å². The zero-order chi connectivity index (χ0) is 18.8. The van der Waals surface area contributed by atoms with Crippen LogP contribution in [0.5, 0.6) is 0 Å². The number of hydrogen-bond donors (Lipinski definition) is 2. The number of ether oxygens (including phenoxy) is 2. The van der Waals surface area contributed by atoms with Gasteiger partial charge in [0.1, 0.15) is 6.61 Å². The van der Waals surface area contributed by atoms with Crippen LogP contribution in [-0.4, -0.2) is 36.9 Å². The minimum absolute atomic E-state index is 0.104. The van der Waals surface area contributed by atoms with Crippen molar-refractivity contribution in [3.05, 3.63) is 71.8 Å². The summed E-state index contributed by atoms with van der Waals surface area (Å²) in [6.45, 7) is -0.306. The molecule has 6 heteroatoms. The molecule has 0 bridgehead atoms. The monoisotopic (exact) mass is 357 g/mol. The largest absolute Gasteiger partial charge is 0.469 e. The van der Waals surface area contributed by atoms with Gasteiger partial charge in [0, 0.05) is 0 Å². The van der Waals surface area contributed by atoms with Crippen LogP contribution in [0.2, 0.25) is 0 Å². The van der Waals surface area contributed by atoms with E-state index in [4.69, 9.17) is 9.47 Å². The fourth-order valence-electron chi connectivity index (χ4n) is 2.60. The Labute approximate surface area is 152 Å². The third kappa shape index (κ3) is 5.89. The predicted molar refractivity (Wildman–Crippen MR) is 96.3 cm³/mol. The summed E-state index contributed by atoms with van der Waals surface area (Å²) in [6.07, 6.45) is -0.368. The van der Waals surface area contributed by atoms with Gasteiger partial charge < -0.3 is 19.9 Å². The van der Waals surface area contributed by atoms with Gasteiger partial charge in [-0.3, -0.25) is 4.79 Å². The molecular formula is C20H23NO5. The fraction of sp³-hybridized carbons (Fsp3) is 0.300. The highest BCUT2D eigenvalue weighted by Crippen LogP contribution is 2.15. The van der Waals surface area contributed by atoms with Crippen molar-refractivity contribution >= 4 is 12.1 Å². The van der Waals surface area contributed by atoms with Crippen LogP contribution < -0.4 is 5.32 Å². The molecule has 0 saturated carbocycles. The summed E-state index contributed by atoms with van der Waals surface area (Å²) in [4.78, 5) is 24.2. The van der Waals surface area contributed by atoms with E-state index >= 15 is 0 Å². The molecule has 2 aromatic carbocycles. The molecule has 6 nitrogen and oxygen atoms in total. The van der Waals surface area contributed by atoms with Crippen molar-refractivity contribution in [3.8, 4) is 0 Å². The third-order valence-corrected chi connectivity index (χ3v) is 4.00. The minimum atomic E-state index is -0.814. The maximum Gasteiger partial charge on any atom is 0.407 e. The lowest BCUT2D eigenvalue weighted by molar-refractivity contribution is -0.146. The van der Waals surface area contributed by atoms with Crippen molar-refractivity contribution in [2.45, 2.75) is 19.1 Å². The first-order valence-electron chi connectivity index (χ1n) is 8.34. The number of esters is 1. The minimum Gasteiger partial charge on any atom is -0.469 e. The summed E-state index contributed by atoms with van der Waals surface area (Å²) in [5.41, 5.74) is 1.75. The standard InChI is InChI=1S/C20H23NO5/c1-25-19(23)17(12-15-8-4-2-5-9-15)18(13-22)21-20(24)26-14-16-10-6-3-7-11-16/h2-11,17-18,22H,12-14H2,1H3,(H,21,24)/t17-,18-/m1/s1. The maximum atomic E-state index is 12.2. The van der Waals surface area contributed by atoms with Crippen LogP contribution in [0.3, 0.4) is 0 Å². The summed E-state index contributed by atoms with van der Waals surface area (Å²) in [7, 11) is 1.28. The number of hydrogen-bond acceptors (Lipinski definition) is 5. The van der Waals surface area contributed by atoms with Crippen LogP contribution in [0.4, 0.5) is 4.79 Å². The van der Waals surface area contributed by atoms with Gasteiger partial charge >= 0.3 is 12.1 Å². The molecule has 0 aromatic heterocycles. The molecule has 2 atom stereocenters. The number of alkyl carbamates (subject to hydrolysis) is 1. The highest BCUT2D eigenvalue weighted by atomic mass is 16.5. The van der Waals surface area contributed by atoms with Gasteiger partial charge in [0.2, 0.25) is 0 Å². The number of rotatable bonds is 8. The van der Waals surface area contributed by atoms with Crippen molar-refractivity contribution in [1.82, 2.24) is 5.32 Å². The molecule has 2 aromatic rings. The molecule has 26 heavy (non-hydrogen) atoms. The van der Waals surface area contributed by atoms with E-state index in [-0.39, 0.29) is 6.61 Å². The van der Waals surface area contributed by atoms with Crippen LogP contribution >= 0.6 is 0 Å². The zero-order valence-electron chi connectivity index (χ0n) is 14.6. The van der Waals surface area contributed by atoms with Crippen molar-refractivity contribution in [2.75, 3.05) is 13.7 Å². The Hall–Kier alpha value is -2.86. The Morgan fingerprint density at radius 2 is 1.58 bits per heavy atom. The molecule has 0 aliphatic heterocycles. The van der Waals surface area contributed by atoms with Gasteiger partial charge in [-0.2, -0.15) is 0 Å². The van der Waals surface area contributed by atoms with Gasteiger partial charge in [-0.15, -0.1) is 0 Å². The number of nitrogens with one attached hydrogen (secondary N) is 1. The van der Waals surface area contributed by atoms with E-state index in [1.165, 1.54) is 7.11 Å². The van der Waals surface area contributed by atoms with E-state index in [9.17, 15) is 14.7 Å². The second-order valence-corrected chi connectivity index (χ2v) is 5.81. The number of carbonyl (C=O) groups is 2. The first-order valence-corrected chi connectivity index (χ1v) is 8.34. The molecule has 0 aliphatic rings. The Bertz CT molecular complexity index is 690. The SMILES string of the molecule is COC(=O)[C@H](Cc1ccccc1)[C@@H](CO)NC(=O)OCc1ccccc1. The van der Waals surface area contributed by atoms with Gasteiger partial charge in [-0.05, 0) is 17.5 Å². The summed E-state index contributed by atoms with van der Waals surface area (Å²) in [5, 5.41) is 12.2. The molecule has 0 saturated heterocycles. The van der Waals surface area contributed by atoms with Crippen LogP contribution in [-0.2, 0) is 27.3 Å². The molecule has 138 valence electrons. The lowest BCUT2D eigenvalue weighted by Crippen LogP contribution is -2.47. The van der Waals surface area contributed by atoms with Gasteiger partial charge in [-0.25, -0.2) is 4.79 Å². The van der Waals surface area contributed by atoms with Crippen molar-refractivity contribution in [1.29, 1.82) is 0 Å². The van der Waals surface area contributed by atoms with Gasteiger partial charge in [0.05, 0.1) is 25.7 Å². The topological polar surface area (TPSA) is 84.9 Å². The highest BCUT2D eigenvalue weighted by Gasteiger charge is 2.30. The van der Waals surface area contributed by atoms with E-state index in [0.29, 0.717) is 6.42 Å². The molecule has 2 N–H and O–H groups in total. The Balaban J connectivity index is 1.99. The van der Waals surface area contributed by atoms with E-state index in [1.54, 1.807) is 0 Å². The Kier molecular flexibility index (Phi) is 7.64. The average Bonchev–Trinajstić information content (AvgIpc) is 2.70. The molecule has 0 spiro atoms. The predicted octanol–water partition coefficient (Wildman–Crippen LogP) is 2.31. The number of aliphatic hydroxyl groups is 1. The van der Waals surface area contributed by atoms with Gasteiger partial charge in [-0.1, -0.05) is 60.7 Å². The van der Waals surface area contributed by atoms with Gasteiger partial charge in [0.15, 0.2) is 0 Å². The molecule has 1 amide bonds. The molecule has 0 unspecified atom stereocenters. The zero-order valence-corrected chi connectivity index (χ0v) is 14.6. The summed E-state index contributed by atoms with van der Waals surface area (Å²) >= 11 is 0. The molecular weight excluding hydrogens is 334 g/mol. The van der Waals surface area contributed by atoms with Crippen molar-refractivity contribution < 1.29 is 24.2 Å². The highest BCUT2D eigenvalue weighted by molar-refractivity contribution is 5.75. The number of benzene rings is 2. The van der Waals surface area contributed by atoms with Crippen molar-refractivity contribution in [2.24, 2.45) is 5.92 Å². The maximum absolute atomic E-state index is 12.2. The molecule has 0 heterocycles. The first kappa shape index (κ1) is 19.5. The lowest BCUT2D eigenvalue weighted by atomic mass is 9.92. The van der Waals surface area contributed by atoms with Gasteiger partial charge in [0.25, 0.3) is 0 Å². The van der Waals surface area contributed by atoms with E-state index in [0.717, 1.165) is 11.1 Å². The van der Waals surface area contributed by atoms with Crippen LogP contribution in [0, 0.1) is 5.92 Å². The fourth-order valence-corrected chi connectivity index (χ4v) is 2.60. The average molecular weight is 357 g/mol. The Morgan fingerprint density at radius 3 is 2.12 bits per heavy atom. The molecule has 0 fully saturated rings. The summed E-state index contributed by atoms with van der Waals surface area (Å²) < 4.78 is 10.00. The number of aliphatic hydroxyl groups excluding tert-OH is 1. The number of carbonyl (C=O) groups excluding carboxylic acids is 2. The number of amides is 1. The smallest absolute Gasteiger partial charge is 0.407 e. The van der Waals surface area contributed by atoms with E-state index in [2.05, 4.69) is 5.32 Å². The third-order valence-electron chi connectivity index (χ3n) is 4.00. The second kappa shape index (κ2) is 10.2. The van der Waals surface area contributed by atoms with E-state index < -0.39 is 30.6 Å².